The molecule has 5 N–H and O–H groups in total. The molecular formula is C6H7N5O. The largest absolute Gasteiger partial charge is 0.397 e. The van der Waals surface area contributed by atoms with Crippen molar-refractivity contribution in [1.29, 1.82) is 0 Å². The van der Waals surface area contributed by atoms with Crippen LogP contribution in [0.15, 0.2) is 12.1 Å². The molecule has 1 heterocycles. The topological polar surface area (TPSA) is 103 Å². The molecule has 0 spiro atoms. The second-order valence-corrected chi connectivity index (χ2v) is 2.40. The monoisotopic (exact) mass is 165 g/mol. The van der Waals surface area contributed by atoms with Gasteiger partial charge in [-0.25, -0.2) is 0 Å². The number of nitrogen functional groups attached to an aromatic ring is 2. The Bertz CT molecular complexity index is 435. The van der Waals surface area contributed by atoms with Gasteiger partial charge in [0.25, 0.3) is 0 Å². The molecule has 0 aliphatic heterocycles. The van der Waals surface area contributed by atoms with Gasteiger partial charge in [-0.1, -0.05) is 0 Å². The van der Waals surface area contributed by atoms with Gasteiger partial charge in [0.2, 0.25) is 0 Å². The van der Waals surface area contributed by atoms with Crippen molar-refractivity contribution in [3.63, 3.8) is 0 Å². The summed E-state index contributed by atoms with van der Waals surface area (Å²) in [7, 11) is 0. The molecular weight excluding hydrogens is 158 g/mol. The summed E-state index contributed by atoms with van der Waals surface area (Å²) >= 11 is 0. The Hall–Kier alpha value is -1.98. The first-order valence-corrected chi connectivity index (χ1v) is 3.29. The van der Waals surface area contributed by atoms with E-state index in [4.69, 9.17) is 16.7 Å². The highest BCUT2D eigenvalue weighted by atomic mass is 16.5. The summed E-state index contributed by atoms with van der Waals surface area (Å²) in [6.45, 7) is 0. The Kier molecular flexibility index (Phi) is 1.12. The highest BCUT2D eigenvalue weighted by Gasteiger charge is 2.06. The summed E-state index contributed by atoms with van der Waals surface area (Å²) in [5, 5.41) is 16.1. The van der Waals surface area contributed by atoms with Crippen LogP contribution in [0.2, 0.25) is 0 Å². The van der Waals surface area contributed by atoms with Crippen LogP contribution in [0, 0.1) is 0 Å². The fourth-order valence-corrected chi connectivity index (χ4v) is 1.01. The first-order chi connectivity index (χ1) is 5.68. The molecule has 0 fully saturated rings. The van der Waals surface area contributed by atoms with Crippen LogP contribution in [-0.2, 0) is 0 Å². The molecule has 2 aromatic rings. The molecule has 1 aromatic carbocycles. The average Bonchev–Trinajstić information content (AvgIpc) is 2.39. The second kappa shape index (κ2) is 2.00. The molecule has 0 atom stereocenters. The maximum absolute atomic E-state index is 8.87. The van der Waals surface area contributed by atoms with E-state index in [0.717, 1.165) is 0 Å². The van der Waals surface area contributed by atoms with Gasteiger partial charge in [-0.05, 0) is 17.1 Å². The van der Waals surface area contributed by atoms with Gasteiger partial charge >= 0.3 is 0 Å². The molecule has 2 rings (SSSR count). The lowest BCUT2D eigenvalue weighted by molar-refractivity contribution is 0.113. The molecule has 0 bridgehead atoms. The summed E-state index contributed by atoms with van der Waals surface area (Å²) in [5.74, 6) is 0. The van der Waals surface area contributed by atoms with Crippen molar-refractivity contribution in [2.45, 2.75) is 0 Å². The molecule has 0 aliphatic rings. The third kappa shape index (κ3) is 0.746. The Morgan fingerprint density at radius 2 is 2.00 bits per heavy atom. The predicted molar refractivity (Wildman–Crippen MR) is 43.5 cm³/mol. The first-order valence-electron chi connectivity index (χ1n) is 3.29. The third-order valence-corrected chi connectivity index (χ3v) is 1.62. The minimum absolute atomic E-state index is 0.341. The van der Waals surface area contributed by atoms with Crippen molar-refractivity contribution >= 4 is 22.4 Å². The summed E-state index contributed by atoms with van der Waals surface area (Å²) in [6.07, 6.45) is 0. The van der Waals surface area contributed by atoms with Crippen molar-refractivity contribution in [1.82, 2.24) is 15.2 Å². The predicted octanol–water partition coefficient (Wildman–Crippen LogP) is -0.167. The van der Waals surface area contributed by atoms with E-state index in [-0.39, 0.29) is 0 Å². The van der Waals surface area contributed by atoms with Crippen molar-refractivity contribution in [2.75, 3.05) is 11.5 Å². The van der Waals surface area contributed by atoms with Crippen molar-refractivity contribution in [2.24, 2.45) is 0 Å². The minimum Gasteiger partial charge on any atom is -0.397 e. The van der Waals surface area contributed by atoms with E-state index in [2.05, 4.69) is 10.2 Å². The Morgan fingerprint density at radius 1 is 1.25 bits per heavy atom. The van der Waals surface area contributed by atoms with Crippen molar-refractivity contribution in [3.05, 3.63) is 12.1 Å². The summed E-state index contributed by atoms with van der Waals surface area (Å²) in [6, 6.07) is 3.26. The van der Waals surface area contributed by atoms with Crippen molar-refractivity contribution in [3.8, 4) is 0 Å². The SMILES string of the molecule is Nc1ccc2nn(O)nc2c1N. The quantitative estimate of drug-likeness (QED) is 0.371. The van der Waals surface area contributed by atoms with Crippen LogP contribution < -0.4 is 11.5 Å². The summed E-state index contributed by atoms with van der Waals surface area (Å²) < 4.78 is 0. The highest BCUT2D eigenvalue weighted by molar-refractivity contribution is 5.92. The number of benzene rings is 1. The van der Waals surface area contributed by atoms with Gasteiger partial charge < -0.3 is 16.7 Å². The molecule has 0 saturated carbocycles. The van der Waals surface area contributed by atoms with E-state index >= 15 is 0 Å². The maximum Gasteiger partial charge on any atom is 0.141 e. The number of aromatic nitrogens is 3. The molecule has 0 saturated heterocycles. The van der Waals surface area contributed by atoms with E-state index in [1.165, 1.54) is 0 Å². The van der Waals surface area contributed by atoms with Gasteiger partial charge in [-0.3, -0.25) is 0 Å². The summed E-state index contributed by atoms with van der Waals surface area (Å²) in [5.41, 5.74) is 12.8. The van der Waals surface area contributed by atoms with Crippen LogP contribution in [0.1, 0.15) is 0 Å². The van der Waals surface area contributed by atoms with Gasteiger partial charge in [0, 0.05) is 0 Å². The smallest absolute Gasteiger partial charge is 0.141 e. The molecule has 0 amide bonds. The fourth-order valence-electron chi connectivity index (χ4n) is 1.01. The molecule has 1 aromatic heterocycles. The van der Waals surface area contributed by atoms with Gasteiger partial charge in [-0.2, -0.15) is 0 Å². The van der Waals surface area contributed by atoms with Gasteiger partial charge in [-0.15, -0.1) is 10.2 Å². The van der Waals surface area contributed by atoms with Gasteiger partial charge in [0.1, 0.15) is 11.0 Å². The number of rotatable bonds is 0. The van der Waals surface area contributed by atoms with E-state index in [0.29, 0.717) is 27.4 Å². The van der Waals surface area contributed by atoms with Crippen LogP contribution in [-0.4, -0.2) is 20.4 Å². The highest BCUT2D eigenvalue weighted by Crippen LogP contribution is 2.22. The molecule has 6 heteroatoms. The molecule has 0 aliphatic carbocycles. The zero-order chi connectivity index (χ0) is 8.72. The zero-order valence-corrected chi connectivity index (χ0v) is 6.10. The van der Waals surface area contributed by atoms with Crippen LogP contribution in [0.25, 0.3) is 11.0 Å². The lowest BCUT2D eigenvalue weighted by atomic mass is 10.2. The number of nitrogens with two attached hydrogens (primary N) is 2. The Labute approximate surface area is 67.3 Å². The standard InChI is InChI=1S/C6H7N5O/c7-3-1-2-4-6(5(3)8)10-11(12)9-4/h1-2,12H,7-8H2. The number of anilines is 2. The molecule has 12 heavy (non-hydrogen) atoms. The lowest BCUT2D eigenvalue weighted by Gasteiger charge is -1.96. The van der Waals surface area contributed by atoms with E-state index in [1.54, 1.807) is 12.1 Å². The summed E-state index contributed by atoms with van der Waals surface area (Å²) in [4.78, 5) is 0.473. The average molecular weight is 165 g/mol. The van der Waals surface area contributed by atoms with E-state index in [9.17, 15) is 0 Å². The molecule has 6 nitrogen and oxygen atoms in total. The molecule has 0 unspecified atom stereocenters. The number of hydrogen-bond donors (Lipinski definition) is 3. The number of fused-ring (bicyclic) bond motifs is 1. The normalized spacial score (nSPS) is 10.7. The first kappa shape index (κ1) is 6.71. The van der Waals surface area contributed by atoms with Crippen LogP contribution in [0.4, 0.5) is 11.4 Å². The lowest BCUT2D eigenvalue weighted by Crippen LogP contribution is -1.96. The third-order valence-electron chi connectivity index (χ3n) is 1.62. The maximum atomic E-state index is 8.87. The molecule has 62 valence electrons. The second-order valence-electron chi connectivity index (χ2n) is 2.40. The van der Waals surface area contributed by atoms with Crippen LogP contribution >= 0.6 is 0 Å². The minimum atomic E-state index is 0.341. The Balaban J connectivity index is 2.89. The number of hydrogen-bond acceptors (Lipinski definition) is 5. The van der Waals surface area contributed by atoms with E-state index < -0.39 is 0 Å². The molecule has 0 radical (unpaired) electrons. The van der Waals surface area contributed by atoms with E-state index in [1.807, 2.05) is 0 Å². The van der Waals surface area contributed by atoms with Gasteiger partial charge in [0.15, 0.2) is 0 Å². The fraction of sp³-hybridized carbons (Fsp3) is 0. The van der Waals surface area contributed by atoms with Crippen molar-refractivity contribution < 1.29 is 5.21 Å². The number of nitrogens with zero attached hydrogens (tertiary/aromatic N) is 3. The zero-order valence-electron chi connectivity index (χ0n) is 6.10. The van der Waals surface area contributed by atoms with Crippen LogP contribution in [0.3, 0.4) is 0 Å². The van der Waals surface area contributed by atoms with Crippen LogP contribution in [0.5, 0.6) is 0 Å². The Morgan fingerprint density at radius 3 is 2.75 bits per heavy atom. The van der Waals surface area contributed by atoms with Gasteiger partial charge in [0.05, 0.1) is 11.4 Å².